The van der Waals surface area contributed by atoms with E-state index in [-0.39, 0.29) is 0 Å². The van der Waals surface area contributed by atoms with Gasteiger partial charge in [0.15, 0.2) is 0 Å². The van der Waals surface area contributed by atoms with Gasteiger partial charge in [0, 0.05) is 16.8 Å². The highest BCUT2D eigenvalue weighted by Gasteiger charge is 2.13. The first-order valence-electron chi connectivity index (χ1n) is 6.05. The van der Waals surface area contributed by atoms with Crippen molar-refractivity contribution in [3.8, 4) is 23.6 Å². The maximum atomic E-state index is 6.05. The molecule has 1 aromatic carbocycles. The van der Waals surface area contributed by atoms with Crippen molar-refractivity contribution in [3.63, 3.8) is 0 Å². The summed E-state index contributed by atoms with van der Waals surface area (Å²) in [5.41, 5.74) is 3.62. The smallest absolute Gasteiger partial charge is 0.137 e. The SMILES string of the molecule is C#CCc1c(-c2ccc(Cl)cc2)nc2ccc(Cl)cn12. The zero-order valence-electron chi connectivity index (χ0n) is 10.5. The second kappa shape index (κ2) is 5.20. The molecule has 3 rings (SSSR count). The Morgan fingerprint density at radius 1 is 1.05 bits per heavy atom. The maximum absolute atomic E-state index is 6.05. The van der Waals surface area contributed by atoms with Crippen LogP contribution in [-0.4, -0.2) is 9.38 Å². The van der Waals surface area contributed by atoms with Crippen molar-refractivity contribution in [2.24, 2.45) is 0 Å². The first-order chi connectivity index (χ1) is 9.69. The highest BCUT2D eigenvalue weighted by molar-refractivity contribution is 6.30. The lowest BCUT2D eigenvalue weighted by atomic mass is 10.1. The molecule has 0 bridgehead atoms. The van der Waals surface area contributed by atoms with Crippen molar-refractivity contribution in [1.29, 1.82) is 0 Å². The predicted molar refractivity (Wildman–Crippen MR) is 83.2 cm³/mol. The highest BCUT2D eigenvalue weighted by atomic mass is 35.5. The van der Waals surface area contributed by atoms with Gasteiger partial charge in [-0.05, 0) is 24.3 Å². The van der Waals surface area contributed by atoms with Crippen molar-refractivity contribution in [3.05, 3.63) is 58.3 Å². The van der Waals surface area contributed by atoms with E-state index in [1.54, 1.807) is 0 Å². The molecule has 2 aromatic heterocycles. The number of rotatable bonds is 2. The summed E-state index contributed by atoms with van der Waals surface area (Å²) in [6, 6.07) is 11.2. The average Bonchev–Trinajstić information content (AvgIpc) is 2.79. The number of halogens is 2. The number of hydrogen-bond donors (Lipinski definition) is 0. The monoisotopic (exact) mass is 300 g/mol. The molecule has 0 N–H and O–H groups in total. The molecule has 0 fully saturated rings. The third kappa shape index (κ3) is 2.27. The van der Waals surface area contributed by atoms with Crippen LogP contribution >= 0.6 is 23.2 Å². The zero-order valence-corrected chi connectivity index (χ0v) is 12.0. The lowest BCUT2D eigenvalue weighted by Gasteiger charge is -2.02. The molecule has 4 heteroatoms. The largest absolute Gasteiger partial charge is 0.301 e. The molecule has 0 saturated carbocycles. The van der Waals surface area contributed by atoms with Gasteiger partial charge in [-0.15, -0.1) is 12.3 Å². The summed E-state index contributed by atoms with van der Waals surface area (Å²) in [4.78, 5) is 4.64. The molecule has 0 unspecified atom stereocenters. The van der Waals surface area contributed by atoms with Gasteiger partial charge in [-0.3, -0.25) is 0 Å². The molecule has 2 nitrogen and oxygen atoms in total. The van der Waals surface area contributed by atoms with E-state index in [1.165, 1.54) is 0 Å². The standard InChI is InChI=1S/C16H10Cl2N2/c1-2-3-14-16(11-4-6-12(17)7-5-11)19-15-9-8-13(18)10-20(14)15/h1,4-10H,3H2. The van der Waals surface area contributed by atoms with Gasteiger partial charge in [-0.1, -0.05) is 35.3 Å². The van der Waals surface area contributed by atoms with Crippen molar-refractivity contribution < 1.29 is 0 Å². The Morgan fingerprint density at radius 2 is 1.75 bits per heavy atom. The molecule has 2 heterocycles. The van der Waals surface area contributed by atoms with Crippen LogP contribution in [0.15, 0.2) is 42.6 Å². The Bertz CT molecular complexity index is 811. The highest BCUT2D eigenvalue weighted by Crippen LogP contribution is 2.27. The fourth-order valence-electron chi connectivity index (χ4n) is 2.17. The average molecular weight is 301 g/mol. The lowest BCUT2D eigenvalue weighted by molar-refractivity contribution is 1.07. The molecular formula is C16H10Cl2N2. The normalized spacial score (nSPS) is 10.7. The Morgan fingerprint density at radius 3 is 2.45 bits per heavy atom. The van der Waals surface area contributed by atoms with E-state index in [0.29, 0.717) is 16.5 Å². The lowest BCUT2D eigenvalue weighted by Crippen LogP contribution is -1.93. The third-order valence-electron chi connectivity index (χ3n) is 3.07. The summed E-state index contributed by atoms with van der Waals surface area (Å²) < 4.78 is 1.94. The molecule has 0 spiro atoms. The third-order valence-corrected chi connectivity index (χ3v) is 3.54. The second-order valence-electron chi connectivity index (χ2n) is 4.37. The molecule has 98 valence electrons. The van der Waals surface area contributed by atoms with Gasteiger partial charge in [-0.25, -0.2) is 4.98 Å². The van der Waals surface area contributed by atoms with Gasteiger partial charge in [0.2, 0.25) is 0 Å². The molecule has 0 aliphatic rings. The number of benzene rings is 1. The number of fused-ring (bicyclic) bond motifs is 1. The Balaban J connectivity index is 2.26. The zero-order chi connectivity index (χ0) is 14.1. The molecule has 0 aliphatic heterocycles. The summed E-state index contributed by atoms with van der Waals surface area (Å²) in [5.74, 6) is 2.67. The van der Waals surface area contributed by atoms with Gasteiger partial charge in [0.1, 0.15) is 5.65 Å². The maximum Gasteiger partial charge on any atom is 0.137 e. The van der Waals surface area contributed by atoms with E-state index < -0.39 is 0 Å². The fourth-order valence-corrected chi connectivity index (χ4v) is 2.46. The number of imidazole rings is 1. The number of nitrogens with zero attached hydrogens (tertiary/aromatic N) is 2. The predicted octanol–water partition coefficient (Wildman–Crippen LogP) is 4.48. The molecule has 3 aromatic rings. The van der Waals surface area contributed by atoms with Crippen LogP contribution in [0.3, 0.4) is 0 Å². The molecule has 0 amide bonds. The molecular weight excluding hydrogens is 291 g/mol. The number of terminal acetylenes is 1. The van der Waals surface area contributed by atoms with Crippen molar-refractivity contribution in [2.45, 2.75) is 6.42 Å². The second-order valence-corrected chi connectivity index (χ2v) is 5.24. The van der Waals surface area contributed by atoms with E-state index in [2.05, 4.69) is 10.9 Å². The van der Waals surface area contributed by atoms with E-state index in [4.69, 9.17) is 29.6 Å². The molecule has 0 radical (unpaired) electrons. The summed E-state index contributed by atoms with van der Waals surface area (Å²) >= 11 is 12.0. The van der Waals surface area contributed by atoms with Crippen LogP contribution in [0, 0.1) is 12.3 Å². The van der Waals surface area contributed by atoms with E-state index in [9.17, 15) is 0 Å². The van der Waals surface area contributed by atoms with Crippen LogP contribution in [0.4, 0.5) is 0 Å². The Hall–Kier alpha value is -1.95. The van der Waals surface area contributed by atoms with Gasteiger partial charge in [0.25, 0.3) is 0 Å². The quantitative estimate of drug-likeness (QED) is 0.638. The van der Waals surface area contributed by atoms with Crippen LogP contribution < -0.4 is 0 Å². The van der Waals surface area contributed by atoms with Crippen molar-refractivity contribution in [2.75, 3.05) is 0 Å². The Labute approximate surface area is 127 Å². The van der Waals surface area contributed by atoms with Gasteiger partial charge in [0.05, 0.1) is 22.8 Å². The summed E-state index contributed by atoms with van der Waals surface area (Å²) in [7, 11) is 0. The van der Waals surface area contributed by atoms with Crippen molar-refractivity contribution >= 4 is 28.8 Å². The number of aromatic nitrogens is 2. The number of pyridine rings is 1. The van der Waals surface area contributed by atoms with Crippen LogP contribution in [0.1, 0.15) is 5.69 Å². The van der Waals surface area contributed by atoms with Crippen LogP contribution in [0.25, 0.3) is 16.9 Å². The van der Waals surface area contributed by atoms with Crippen LogP contribution in [0.2, 0.25) is 10.0 Å². The van der Waals surface area contributed by atoms with E-state index in [1.807, 2.05) is 47.0 Å². The summed E-state index contributed by atoms with van der Waals surface area (Å²) in [6.07, 6.45) is 7.79. The minimum atomic E-state index is 0.486. The minimum absolute atomic E-state index is 0.486. The first-order valence-corrected chi connectivity index (χ1v) is 6.80. The molecule has 0 aliphatic carbocycles. The first kappa shape index (κ1) is 13.1. The van der Waals surface area contributed by atoms with Gasteiger partial charge >= 0.3 is 0 Å². The summed E-state index contributed by atoms with van der Waals surface area (Å²) in [6.45, 7) is 0. The topological polar surface area (TPSA) is 17.3 Å². The van der Waals surface area contributed by atoms with Gasteiger partial charge in [-0.2, -0.15) is 0 Å². The van der Waals surface area contributed by atoms with Crippen LogP contribution in [0.5, 0.6) is 0 Å². The molecule has 0 atom stereocenters. The Kier molecular flexibility index (Phi) is 3.40. The summed E-state index contributed by atoms with van der Waals surface area (Å²) in [5, 5.41) is 1.34. The van der Waals surface area contributed by atoms with E-state index in [0.717, 1.165) is 22.6 Å². The van der Waals surface area contributed by atoms with Crippen molar-refractivity contribution in [1.82, 2.24) is 9.38 Å². The van der Waals surface area contributed by atoms with Gasteiger partial charge < -0.3 is 4.40 Å². The number of hydrogen-bond acceptors (Lipinski definition) is 1. The molecule has 20 heavy (non-hydrogen) atoms. The van der Waals surface area contributed by atoms with E-state index >= 15 is 0 Å². The van der Waals surface area contributed by atoms with Crippen LogP contribution in [-0.2, 0) is 6.42 Å². The molecule has 0 saturated heterocycles. The minimum Gasteiger partial charge on any atom is -0.301 e. The fraction of sp³-hybridized carbons (Fsp3) is 0.0625.